The summed E-state index contributed by atoms with van der Waals surface area (Å²) in [5, 5.41) is 14.5. The summed E-state index contributed by atoms with van der Waals surface area (Å²) in [5.74, 6) is 0.944. The highest BCUT2D eigenvalue weighted by molar-refractivity contribution is 7.10. The fraction of sp³-hybridized carbons (Fsp3) is 0.125. The van der Waals surface area contributed by atoms with Gasteiger partial charge in [0.05, 0.1) is 11.6 Å². The van der Waals surface area contributed by atoms with Crippen LogP contribution in [-0.2, 0) is 7.05 Å². The van der Waals surface area contributed by atoms with Crippen molar-refractivity contribution in [1.29, 1.82) is 5.26 Å². The SMILES string of the molecule is Cn1ccnc1C(Nc1cccc(C#N)c1)c1cccs1. The summed E-state index contributed by atoms with van der Waals surface area (Å²) in [4.78, 5) is 5.64. The number of anilines is 1. The summed E-state index contributed by atoms with van der Waals surface area (Å²) in [6.07, 6.45) is 3.73. The number of imidazole rings is 1. The Bertz CT molecular complexity index is 768. The van der Waals surface area contributed by atoms with E-state index in [2.05, 4.69) is 27.8 Å². The van der Waals surface area contributed by atoms with Gasteiger partial charge in [-0.05, 0) is 29.6 Å². The molecule has 3 aromatic rings. The highest BCUT2D eigenvalue weighted by Gasteiger charge is 2.19. The quantitative estimate of drug-likeness (QED) is 0.800. The lowest BCUT2D eigenvalue weighted by Gasteiger charge is -2.18. The average Bonchev–Trinajstić information content (AvgIpc) is 3.17. The molecular weight excluding hydrogens is 280 g/mol. The van der Waals surface area contributed by atoms with Crippen molar-refractivity contribution in [1.82, 2.24) is 9.55 Å². The minimum atomic E-state index is -0.0288. The predicted octanol–water partition coefficient (Wildman–Crippen LogP) is 3.55. The van der Waals surface area contributed by atoms with Gasteiger partial charge in [0.1, 0.15) is 11.9 Å². The van der Waals surface area contributed by atoms with Gasteiger partial charge in [-0.25, -0.2) is 4.98 Å². The van der Waals surface area contributed by atoms with Crippen LogP contribution in [0.1, 0.15) is 22.3 Å². The van der Waals surface area contributed by atoms with Crippen LogP contribution in [0.4, 0.5) is 5.69 Å². The third kappa shape index (κ3) is 2.81. The molecule has 0 aliphatic rings. The Morgan fingerprint density at radius 2 is 2.24 bits per heavy atom. The number of hydrogen-bond donors (Lipinski definition) is 1. The third-order valence-electron chi connectivity index (χ3n) is 3.25. The first-order valence-electron chi connectivity index (χ1n) is 6.55. The fourth-order valence-electron chi connectivity index (χ4n) is 2.22. The van der Waals surface area contributed by atoms with E-state index in [-0.39, 0.29) is 6.04 Å². The van der Waals surface area contributed by atoms with Crippen LogP contribution in [0.15, 0.2) is 54.2 Å². The van der Waals surface area contributed by atoms with Gasteiger partial charge in [0.15, 0.2) is 0 Å². The van der Waals surface area contributed by atoms with Crippen molar-refractivity contribution in [2.45, 2.75) is 6.04 Å². The van der Waals surface area contributed by atoms with Gasteiger partial charge >= 0.3 is 0 Å². The molecule has 0 bridgehead atoms. The van der Waals surface area contributed by atoms with E-state index in [4.69, 9.17) is 5.26 Å². The first-order chi connectivity index (χ1) is 10.3. The topological polar surface area (TPSA) is 53.6 Å². The zero-order chi connectivity index (χ0) is 14.7. The van der Waals surface area contributed by atoms with Crippen molar-refractivity contribution >= 4 is 17.0 Å². The molecule has 2 heterocycles. The number of nitrogens with one attached hydrogen (secondary N) is 1. The van der Waals surface area contributed by atoms with Gasteiger partial charge in [0, 0.05) is 30.0 Å². The molecule has 0 aliphatic heterocycles. The number of aromatic nitrogens is 2. The summed E-state index contributed by atoms with van der Waals surface area (Å²) >= 11 is 1.69. The van der Waals surface area contributed by atoms with Crippen molar-refractivity contribution < 1.29 is 0 Å². The predicted molar refractivity (Wildman–Crippen MR) is 84.1 cm³/mol. The van der Waals surface area contributed by atoms with Gasteiger partial charge < -0.3 is 9.88 Å². The molecule has 4 nitrogen and oxygen atoms in total. The molecule has 3 rings (SSSR count). The van der Waals surface area contributed by atoms with Crippen LogP contribution in [0.3, 0.4) is 0 Å². The van der Waals surface area contributed by atoms with E-state index in [1.165, 1.54) is 4.88 Å². The Morgan fingerprint density at radius 3 is 2.90 bits per heavy atom. The minimum Gasteiger partial charge on any atom is -0.371 e. The minimum absolute atomic E-state index is 0.0288. The van der Waals surface area contributed by atoms with Crippen molar-refractivity contribution in [3.8, 4) is 6.07 Å². The molecule has 0 fully saturated rings. The summed E-state index contributed by atoms with van der Waals surface area (Å²) in [6.45, 7) is 0. The molecule has 2 aromatic heterocycles. The zero-order valence-electron chi connectivity index (χ0n) is 11.5. The van der Waals surface area contributed by atoms with Gasteiger partial charge in [-0.15, -0.1) is 11.3 Å². The lowest BCUT2D eigenvalue weighted by Crippen LogP contribution is -2.15. The maximum absolute atomic E-state index is 9.02. The van der Waals surface area contributed by atoms with Crippen LogP contribution in [0.25, 0.3) is 0 Å². The molecule has 1 atom stereocenters. The second kappa shape index (κ2) is 5.81. The van der Waals surface area contributed by atoms with Crippen molar-refractivity contribution in [3.05, 3.63) is 70.4 Å². The largest absolute Gasteiger partial charge is 0.371 e. The molecule has 0 radical (unpaired) electrons. The maximum Gasteiger partial charge on any atom is 0.136 e. The Morgan fingerprint density at radius 1 is 1.33 bits per heavy atom. The van der Waals surface area contributed by atoms with Crippen LogP contribution >= 0.6 is 11.3 Å². The fourth-order valence-corrected chi connectivity index (χ4v) is 2.99. The monoisotopic (exact) mass is 294 g/mol. The Balaban J connectivity index is 1.97. The summed E-state index contributed by atoms with van der Waals surface area (Å²) in [7, 11) is 1.98. The van der Waals surface area contributed by atoms with E-state index in [1.54, 1.807) is 23.6 Å². The maximum atomic E-state index is 9.02. The van der Waals surface area contributed by atoms with Crippen LogP contribution in [0, 0.1) is 11.3 Å². The second-order valence-electron chi connectivity index (χ2n) is 4.68. The molecule has 5 heteroatoms. The molecule has 0 spiro atoms. The Labute approximate surface area is 127 Å². The lowest BCUT2D eigenvalue weighted by atomic mass is 10.1. The van der Waals surface area contributed by atoms with E-state index in [0.717, 1.165) is 11.5 Å². The van der Waals surface area contributed by atoms with Crippen LogP contribution in [-0.4, -0.2) is 9.55 Å². The second-order valence-corrected chi connectivity index (χ2v) is 5.66. The van der Waals surface area contributed by atoms with Crippen molar-refractivity contribution in [2.75, 3.05) is 5.32 Å². The van der Waals surface area contributed by atoms with E-state index in [1.807, 2.05) is 42.1 Å². The first-order valence-corrected chi connectivity index (χ1v) is 7.43. The van der Waals surface area contributed by atoms with Crippen LogP contribution in [0.2, 0.25) is 0 Å². The number of nitrogens with zero attached hydrogens (tertiary/aromatic N) is 3. The van der Waals surface area contributed by atoms with Gasteiger partial charge in [-0.1, -0.05) is 12.1 Å². The first kappa shape index (κ1) is 13.4. The number of benzene rings is 1. The van der Waals surface area contributed by atoms with Gasteiger partial charge in [0.2, 0.25) is 0 Å². The molecule has 0 amide bonds. The summed E-state index contributed by atoms with van der Waals surface area (Å²) < 4.78 is 2.01. The van der Waals surface area contributed by atoms with Crippen molar-refractivity contribution in [3.63, 3.8) is 0 Å². The number of hydrogen-bond acceptors (Lipinski definition) is 4. The molecule has 0 saturated heterocycles. The Kier molecular flexibility index (Phi) is 3.71. The smallest absolute Gasteiger partial charge is 0.136 e. The van der Waals surface area contributed by atoms with E-state index in [0.29, 0.717) is 5.56 Å². The molecule has 1 N–H and O–H groups in total. The molecule has 104 valence electrons. The molecule has 1 aromatic carbocycles. The molecule has 1 unspecified atom stereocenters. The normalized spacial score (nSPS) is 11.8. The van der Waals surface area contributed by atoms with Gasteiger partial charge in [-0.2, -0.15) is 5.26 Å². The van der Waals surface area contributed by atoms with Gasteiger partial charge in [0.25, 0.3) is 0 Å². The van der Waals surface area contributed by atoms with E-state index < -0.39 is 0 Å². The zero-order valence-corrected chi connectivity index (χ0v) is 12.3. The number of nitriles is 1. The standard InChI is InChI=1S/C16H14N4S/c1-20-8-7-18-16(20)15(14-6-3-9-21-14)19-13-5-2-4-12(10-13)11-17/h2-10,15,19H,1H3. The van der Waals surface area contributed by atoms with E-state index in [9.17, 15) is 0 Å². The highest BCUT2D eigenvalue weighted by atomic mass is 32.1. The molecule has 21 heavy (non-hydrogen) atoms. The molecular formula is C16H14N4S. The number of thiophene rings is 1. The van der Waals surface area contributed by atoms with Crippen LogP contribution < -0.4 is 5.32 Å². The lowest BCUT2D eigenvalue weighted by molar-refractivity contribution is 0.756. The van der Waals surface area contributed by atoms with E-state index >= 15 is 0 Å². The Hall–Kier alpha value is -2.58. The highest BCUT2D eigenvalue weighted by Crippen LogP contribution is 2.28. The number of aryl methyl sites for hydroxylation is 1. The van der Waals surface area contributed by atoms with Gasteiger partial charge in [-0.3, -0.25) is 0 Å². The molecule has 0 aliphatic carbocycles. The van der Waals surface area contributed by atoms with Crippen LogP contribution in [0.5, 0.6) is 0 Å². The number of rotatable bonds is 4. The third-order valence-corrected chi connectivity index (χ3v) is 4.18. The molecule has 0 saturated carbocycles. The summed E-state index contributed by atoms with van der Waals surface area (Å²) in [6, 6.07) is 13.7. The summed E-state index contributed by atoms with van der Waals surface area (Å²) in [5.41, 5.74) is 1.56. The average molecular weight is 294 g/mol. The van der Waals surface area contributed by atoms with Crippen molar-refractivity contribution in [2.24, 2.45) is 7.05 Å².